The van der Waals surface area contributed by atoms with E-state index in [-0.39, 0.29) is 17.5 Å². The third kappa shape index (κ3) is 5.38. The molecule has 0 aromatic carbocycles. The fourth-order valence-electron chi connectivity index (χ4n) is 1.50. The molecule has 84 valence electrons. The highest BCUT2D eigenvalue weighted by Crippen LogP contribution is 2.10. The summed E-state index contributed by atoms with van der Waals surface area (Å²) in [5.41, 5.74) is 0.0182. The summed E-state index contributed by atoms with van der Waals surface area (Å²) >= 11 is 0. The summed E-state index contributed by atoms with van der Waals surface area (Å²) in [6.07, 6.45) is 1.99. The summed E-state index contributed by atoms with van der Waals surface area (Å²) < 4.78 is 0. The highest BCUT2D eigenvalue weighted by molar-refractivity contribution is 5.85. The average Bonchev–Trinajstić information content (AvgIpc) is 1.99. The molecule has 0 aliphatic rings. The molecule has 0 amide bonds. The van der Waals surface area contributed by atoms with Crippen LogP contribution in [0.1, 0.15) is 54.4 Å². The summed E-state index contributed by atoms with van der Waals surface area (Å²) in [6.45, 7) is 12.4. The molecule has 0 bridgehead atoms. The Morgan fingerprint density at radius 1 is 1.29 bits per heavy atom. The Morgan fingerprint density at radius 2 is 1.79 bits per heavy atom. The zero-order valence-corrected chi connectivity index (χ0v) is 10.5. The summed E-state index contributed by atoms with van der Waals surface area (Å²) in [5, 5.41) is 3.39. The van der Waals surface area contributed by atoms with Gasteiger partial charge in [-0.25, -0.2) is 0 Å². The lowest BCUT2D eigenvalue weighted by Crippen LogP contribution is -2.48. The Bertz CT molecular complexity index is 179. The van der Waals surface area contributed by atoms with Gasteiger partial charge in [0.1, 0.15) is 0 Å². The van der Waals surface area contributed by atoms with Crippen molar-refractivity contribution in [2.45, 2.75) is 66.0 Å². The van der Waals surface area contributed by atoms with Crippen LogP contribution in [0.3, 0.4) is 0 Å². The van der Waals surface area contributed by atoms with E-state index in [2.05, 4.69) is 33.0 Å². The van der Waals surface area contributed by atoms with Crippen molar-refractivity contribution in [1.29, 1.82) is 0 Å². The molecule has 0 aromatic rings. The number of ketones is 1. The zero-order valence-electron chi connectivity index (χ0n) is 10.5. The van der Waals surface area contributed by atoms with Crippen LogP contribution in [0.5, 0.6) is 0 Å². The molecule has 0 saturated carbocycles. The number of carbonyl (C=O) groups is 1. The fraction of sp³-hybridized carbons (Fsp3) is 0.917. The van der Waals surface area contributed by atoms with E-state index < -0.39 is 0 Å². The van der Waals surface area contributed by atoms with E-state index in [0.29, 0.717) is 5.78 Å². The first kappa shape index (κ1) is 13.6. The number of hydrogen-bond donors (Lipinski definition) is 1. The molecule has 0 aliphatic carbocycles. The third-order valence-electron chi connectivity index (χ3n) is 2.10. The van der Waals surface area contributed by atoms with Gasteiger partial charge in [0.05, 0.1) is 6.04 Å². The van der Waals surface area contributed by atoms with Gasteiger partial charge in [-0.3, -0.25) is 4.79 Å². The molecule has 0 saturated heterocycles. The second-order valence-electron chi connectivity index (χ2n) is 5.29. The van der Waals surface area contributed by atoms with Crippen LogP contribution in [0.25, 0.3) is 0 Å². The molecular weight excluding hydrogens is 174 g/mol. The van der Waals surface area contributed by atoms with Gasteiger partial charge >= 0.3 is 0 Å². The quantitative estimate of drug-likeness (QED) is 0.737. The van der Waals surface area contributed by atoms with Gasteiger partial charge in [-0.15, -0.1) is 0 Å². The Kier molecular flexibility index (Phi) is 5.35. The van der Waals surface area contributed by atoms with Crippen LogP contribution < -0.4 is 5.32 Å². The van der Waals surface area contributed by atoms with Crippen LogP contribution in [0.15, 0.2) is 0 Å². The Balaban J connectivity index is 4.36. The van der Waals surface area contributed by atoms with Gasteiger partial charge in [-0.2, -0.15) is 0 Å². The van der Waals surface area contributed by atoms with Gasteiger partial charge in [-0.1, -0.05) is 27.2 Å². The van der Waals surface area contributed by atoms with Crippen molar-refractivity contribution in [3.05, 3.63) is 0 Å². The first-order chi connectivity index (χ1) is 6.28. The maximum atomic E-state index is 11.8. The second kappa shape index (κ2) is 5.50. The van der Waals surface area contributed by atoms with Gasteiger partial charge in [0.15, 0.2) is 5.78 Å². The normalized spacial score (nSPS) is 14.5. The van der Waals surface area contributed by atoms with Crippen molar-refractivity contribution in [3.63, 3.8) is 0 Å². The molecule has 0 rings (SSSR count). The number of hydrogen-bond acceptors (Lipinski definition) is 2. The Labute approximate surface area is 88.5 Å². The van der Waals surface area contributed by atoms with Gasteiger partial charge in [0, 0.05) is 11.5 Å². The van der Waals surface area contributed by atoms with Gasteiger partial charge in [0.2, 0.25) is 0 Å². The third-order valence-corrected chi connectivity index (χ3v) is 2.10. The van der Waals surface area contributed by atoms with Crippen LogP contribution in [0.4, 0.5) is 0 Å². The molecule has 2 heteroatoms. The lowest BCUT2D eigenvalue weighted by Gasteiger charge is -2.28. The van der Waals surface area contributed by atoms with Crippen molar-refractivity contribution >= 4 is 5.78 Å². The molecule has 0 radical (unpaired) electrons. The van der Waals surface area contributed by atoms with E-state index in [4.69, 9.17) is 0 Å². The lowest BCUT2D eigenvalue weighted by molar-refractivity contribution is -0.124. The van der Waals surface area contributed by atoms with Crippen LogP contribution >= 0.6 is 0 Å². The summed E-state index contributed by atoms with van der Waals surface area (Å²) in [5.74, 6) is 0.461. The maximum absolute atomic E-state index is 11.8. The summed E-state index contributed by atoms with van der Waals surface area (Å²) in [7, 11) is 0. The number of carbonyl (C=O) groups excluding carboxylic acids is 1. The average molecular weight is 199 g/mol. The van der Waals surface area contributed by atoms with Crippen molar-refractivity contribution in [2.75, 3.05) is 0 Å². The predicted octanol–water partition coefficient (Wildman–Crippen LogP) is 2.77. The highest BCUT2D eigenvalue weighted by atomic mass is 16.1. The monoisotopic (exact) mass is 199 g/mol. The minimum Gasteiger partial charge on any atom is -0.303 e. The van der Waals surface area contributed by atoms with E-state index in [1.807, 2.05) is 13.8 Å². The molecule has 0 fully saturated rings. The molecule has 14 heavy (non-hydrogen) atoms. The smallest absolute Gasteiger partial charge is 0.152 e. The first-order valence-electron chi connectivity index (χ1n) is 5.59. The topological polar surface area (TPSA) is 29.1 Å². The lowest BCUT2D eigenvalue weighted by atomic mass is 9.95. The molecule has 0 spiro atoms. The SMILES string of the molecule is CCCC(NC(C)(C)C)C(=O)C(C)C. The van der Waals surface area contributed by atoms with E-state index >= 15 is 0 Å². The van der Waals surface area contributed by atoms with Crippen LogP contribution in [0, 0.1) is 5.92 Å². The molecule has 1 atom stereocenters. The zero-order chi connectivity index (χ0) is 11.4. The fourth-order valence-corrected chi connectivity index (χ4v) is 1.50. The first-order valence-corrected chi connectivity index (χ1v) is 5.59. The molecule has 2 nitrogen and oxygen atoms in total. The van der Waals surface area contributed by atoms with E-state index in [0.717, 1.165) is 12.8 Å². The Morgan fingerprint density at radius 3 is 2.07 bits per heavy atom. The summed E-state index contributed by atoms with van der Waals surface area (Å²) in [4.78, 5) is 11.8. The van der Waals surface area contributed by atoms with Crippen molar-refractivity contribution in [3.8, 4) is 0 Å². The summed E-state index contributed by atoms with van der Waals surface area (Å²) in [6, 6.07) is 0.0278. The van der Waals surface area contributed by atoms with Crippen molar-refractivity contribution in [1.82, 2.24) is 5.32 Å². The van der Waals surface area contributed by atoms with Gasteiger partial charge in [-0.05, 0) is 27.2 Å². The predicted molar refractivity (Wildman–Crippen MR) is 61.4 cm³/mol. The van der Waals surface area contributed by atoms with Crippen molar-refractivity contribution < 1.29 is 4.79 Å². The van der Waals surface area contributed by atoms with Crippen LogP contribution in [-0.2, 0) is 4.79 Å². The standard InChI is InChI=1S/C12H25NO/c1-7-8-10(11(14)9(2)3)13-12(4,5)6/h9-10,13H,7-8H2,1-6H3. The number of rotatable bonds is 5. The minimum atomic E-state index is 0.0182. The number of Topliss-reactive ketones (excluding diaryl/α,β-unsaturated/α-hetero) is 1. The molecule has 0 aliphatic heterocycles. The number of nitrogens with one attached hydrogen (secondary N) is 1. The van der Waals surface area contributed by atoms with E-state index in [1.54, 1.807) is 0 Å². The maximum Gasteiger partial charge on any atom is 0.152 e. The van der Waals surface area contributed by atoms with E-state index in [1.165, 1.54) is 0 Å². The van der Waals surface area contributed by atoms with E-state index in [9.17, 15) is 4.79 Å². The molecule has 0 aromatic heterocycles. The van der Waals surface area contributed by atoms with Crippen LogP contribution in [-0.4, -0.2) is 17.4 Å². The molecule has 0 heterocycles. The minimum absolute atomic E-state index is 0.0182. The molecule has 1 unspecified atom stereocenters. The molecule has 1 N–H and O–H groups in total. The molecular formula is C12H25NO. The second-order valence-corrected chi connectivity index (χ2v) is 5.29. The van der Waals surface area contributed by atoms with Gasteiger partial charge in [0.25, 0.3) is 0 Å². The largest absolute Gasteiger partial charge is 0.303 e. The van der Waals surface area contributed by atoms with Gasteiger partial charge < -0.3 is 5.32 Å². The van der Waals surface area contributed by atoms with Crippen LogP contribution in [0.2, 0.25) is 0 Å². The van der Waals surface area contributed by atoms with Crippen molar-refractivity contribution in [2.24, 2.45) is 5.92 Å². The Hall–Kier alpha value is -0.370. The highest BCUT2D eigenvalue weighted by Gasteiger charge is 2.24.